The fourth-order valence-electron chi connectivity index (χ4n) is 1.42. The van der Waals surface area contributed by atoms with Crippen molar-refractivity contribution in [2.24, 2.45) is 0 Å². The predicted molar refractivity (Wildman–Crippen MR) is 66.9 cm³/mol. The van der Waals surface area contributed by atoms with Crippen LogP contribution < -0.4 is 5.32 Å². The quantitative estimate of drug-likeness (QED) is 0.566. The summed E-state index contributed by atoms with van der Waals surface area (Å²) >= 11 is 0. The molecule has 0 heterocycles. The van der Waals surface area contributed by atoms with Gasteiger partial charge < -0.3 is 5.32 Å². The molecule has 1 rings (SSSR count). The molecule has 0 saturated carbocycles. The number of allylic oxidation sites excluding steroid dienone is 1. The van der Waals surface area contributed by atoms with Crippen molar-refractivity contribution in [3.8, 4) is 12.3 Å². The zero-order valence-corrected chi connectivity index (χ0v) is 9.16. The van der Waals surface area contributed by atoms with E-state index >= 15 is 0 Å². The topological polar surface area (TPSA) is 12.0 Å². The molecular formula is C14H17N. The van der Waals surface area contributed by atoms with Gasteiger partial charge in [0.25, 0.3) is 0 Å². The third kappa shape index (κ3) is 3.91. The number of hydrogen-bond donors (Lipinski definition) is 1. The van der Waals surface area contributed by atoms with Crippen LogP contribution in [0.3, 0.4) is 0 Å². The van der Waals surface area contributed by atoms with E-state index in [1.54, 1.807) is 0 Å². The SMILES string of the molecule is C#Cc1cccc(NC(C)CCC=C)c1. The number of hydrogen-bond acceptors (Lipinski definition) is 1. The number of anilines is 1. The van der Waals surface area contributed by atoms with Crippen molar-refractivity contribution in [2.75, 3.05) is 5.32 Å². The van der Waals surface area contributed by atoms with E-state index in [1.807, 2.05) is 30.3 Å². The fraction of sp³-hybridized carbons (Fsp3) is 0.286. The highest BCUT2D eigenvalue weighted by Gasteiger charge is 2.00. The molecule has 15 heavy (non-hydrogen) atoms. The summed E-state index contributed by atoms with van der Waals surface area (Å²) in [5.74, 6) is 2.63. The van der Waals surface area contributed by atoms with Gasteiger partial charge in [-0.25, -0.2) is 0 Å². The molecule has 1 aromatic carbocycles. The van der Waals surface area contributed by atoms with Crippen molar-refractivity contribution in [1.82, 2.24) is 0 Å². The van der Waals surface area contributed by atoms with E-state index in [0.717, 1.165) is 24.1 Å². The second-order valence-electron chi connectivity index (χ2n) is 3.64. The molecule has 1 unspecified atom stereocenters. The second-order valence-corrected chi connectivity index (χ2v) is 3.64. The molecule has 0 spiro atoms. The van der Waals surface area contributed by atoms with Crippen LogP contribution in [0.5, 0.6) is 0 Å². The van der Waals surface area contributed by atoms with Crippen molar-refractivity contribution in [1.29, 1.82) is 0 Å². The van der Waals surface area contributed by atoms with Crippen molar-refractivity contribution < 1.29 is 0 Å². The van der Waals surface area contributed by atoms with Gasteiger partial charge in [0.2, 0.25) is 0 Å². The third-order valence-corrected chi connectivity index (χ3v) is 2.25. The van der Waals surface area contributed by atoms with Crippen LogP contribution in [0, 0.1) is 12.3 Å². The van der Waals surface area contributed by atoms with E-state index < -0.39 is 0 Å². The fourth-order valence-corrected chi connectivity index (χ4v) is 1.42. The molecule has 1 nitrogen and oxygen atoms in total. The molecule has 0 fully saturated rings. The molecule has 0 aliphatic rings. The molecule has 78 valence electrons. The molecule has 1 N–H and O–H groups in total. The maximum atomic E-state index is 5.34. The highest BCUT2D eigenvalue weighted by Crippen LogP contribution is 2.12. The molecule has 1 atom stereocenters. The van der Waals surface area contributed by atoms with E-state index in [1.165, 1.54) is 0 Å². The molecule has 0 radical (unpaired) electrons. The minimum absolute atomic E-state index is 0.441. The standard InChI is InChI=1S/C14H17N/c1-4-6-8-12(3)15-14-10-7-9-13(5-2)11-14/h2,4,7,9-12,15H,1,6,8H2,3H3. The minimum Gasteiger partial charge on any atom is -0.383 e. The first kappa shape index (κ1) is 11.4. The van der Waals surface area contributed by atoms with E-state index in [2.05, 4.69) is 24.7 Å². The molecule has 1 aromatic rings. The first-order valence-electron chi connectivity index (χ1n) is 5.20. The van der Waals surface area contributed by atoms with Gasteiger partial charge in [-0.05, 0) is 38.0 Å². The Kier molecular flexibility index (Phi) is 4.50. The minimum atomic E-state index is 0.441. The van der Waals surface area contributed by atoms with Crippen LogP contribution >= 0.6 is 0 Å². The normalized spacial score (nSPS) is 11.5. The zero-order valence-electron chi connectivity index (χ0n) is 9.16. The third-order valence-electron chi connectivity index (χ3n) is 2.25. The van der Waals surface area contributed by atoms with Crippen LogP contribution in [0.1, 0.15) is 25.3 Å². The molecule has 0 aliphatic heterocycles. The van der Waals surface area contributed by atoms with Gasteiger partial charge in [0.15, 0.2) is 0 Å². The Morgan fingerprint density at radius 3 is 3.07 bits per heavy atom. The van der Waals surface area contributed by atoms with Gasteiger partial charge in [0.05, 0.1) is 0 Å². The summed E-state index contributed by atoms with van der Waals surface area (Å²) < 4.78 is 0. The van der Waals surface area contributed by atoms with Gasteiger partial charge in [0, 0.05) is 17.3 Å². The maximum Gasteiger partial charge on any atom is 0.0354 e. The van der Waals surface area contributed by atoms with Gasteiger partial charge in [-0.3, -0.25) is 0 Å². The molecule has 0 saturated heterocycles. The van der Waals surface area contributed by atoms with E-state index in [9.17, 15) is 0 Å². The Morgan fingerprint density at radius 1 is 1.60 bits per heavy atom. The smallest absolute Gasteiger partial charge is 0.0354 e. The second kappa shape index (κ2) is 5.93. The van der Waals surface area contributed by atoms with Gasteiger partial charge in [-0.1, -0.05) is 18.1 Å². The lowest BCUT2D eigenvalue weighted by atomic mass is 10.1. The Labute approximate surface area is 92.2 Å². The first-order chi connectivity index (χ1) is 7.26. The van der Waals surface area contributed by atoms with Gasteiger partial charge in [-0.15, -0.1) is 13.0 Å². The van der Waals surface area contributed by atoms with Crippen molar-refractivity contribution in [3.63, 3.8) is 0 Å². The van der Waals surface area contributed by atoms with Crippen LogP contribution in [-0.4, -0.2) is 6.04 Å². The average molecular weight is 199 g/mol. The van der Waals surface area contributed by atoms with Gasteiger partial charge in [-0.2, -0.15) is 0 Å². The highest BCUT2D eigenvalue weighted by atomic mass is 14.9. The molecule has 0 aromatic heterocycles. The van der Waals surface area contributed by atoms with Crippen LogP contribution in [-0.2, 0) is 0 Å². The lowest BCUT2D eigenvalue weighted by Crippen LogP contribution is -2.14. The molecule has 0 bridgehead atoms. The summed E-state index contributed by atoms with van der Waals surface area (Å²) in [5.41, 5.74) is 2.00. The Hall–Kier alpha value is -1.68. The van der Waals surface area contributed by atoms with Crippen molar-refractivity contribution >= 4 is 5.69 Å². The molecule has 0 amide bonds. The molecular weight excluding hydrogens is 182 g/mol. The maximum absolute atomic E-state index is 5.34. The largest absolute Gasteiger partial charge is 0.383 e. The summed E-state index contributed by atoms with van der Waals surface area (Å²) in [6.45, 7) is 5.87. The van der Waals surface area contributed by atoms with E-state index in [4.69, 9.17) is 6.42 Å². The van der Waals surface area contributed by atoms with Crippen molar-refractivity contribution in [2.45, 2.75) is 25.8 Å². The Morgan fingerprint density at radius 2 is 2.40 bits per heavy atom. The van der Waals surface area contributed by atoms with Gasteiger partial charge >= 0.3 is 0 Å². The number of terminal acetylenes is 1. The monoisotopic (exact) mass is 199 g/mol. The first-order valence-corrected chi connectivity index (χ1v) is 5.20. The predicted octanol–water partition coefficient (Wildman–Crippen LogP) is 3.43. The van der Waals surface area contributed by atoms with Crippen LogP contribution in [0.4, 0.5) is 5.69 Å². The zero-order chi connectivity index (χ0) is 11.1. The van der Waals surface area contributed by atoms with Crippen LogP contribution in [0.2, 0.25) is 0 Å². The van der Waals surface area contributed by atoms with Crippen molar-refractivity contribution in [3.05, 3.63) is 42.5 Å². The van der Waals surface area contributed by atoms with Crippen LogP contribution in [0.15, 0.2) is 36.9 Å². The average Bonchev–Trinajstić information content (AvgIpc) is 2.26. The Balaban J connectivity index is 2.56. The summed E-state index contributed by atoms with van der Waals surface area (Å²) in [6, 6.07) is 8.36. The number of rotatable bonds is 5. The van der Waals surface area contributed by atoms with Gasteiger partial charge in [0.1, 0.15) is 0 Å². The summed E-state index contributed by atoms with van der Waals surface area (Å²) in [4.78, 5) is 0. The summed E-state index contributed by atoms with van der Waals surface area (Å²) in [6.07, 6.45) is 9.40. The summed E-state index contributed by atoms with van der Waals surface area (Å²) in [7, 11) is 0. The van der Waals surface area contributed by atoms with E-state index in [0.29, 0.717) is 6.04 Å². The lowest BCUT2D eigenvalue weighted by molar-refractivity contribution is 0.719. The lowest BCUT2D eigenvalue weighted by Gasteiger charge is -2.14. The van der Waals surface area contributed by atoms with Crippen LogP contribution in [0.25, 0.3) is 0 Å². The number of benzene rings is 1. The van der Waals surface area contributed by atoms with E-state index in [-0.39, 0.29) is 0 Å². The molecule has 1 heteroatoms. The molecule has 0 aliphatic carbocycles. The number of nitrogens with one attached hydrogen (secondary N) is 1. The Bertz CT molecular complexity index is 360. The highest BCUT2D eigenvalue weighted by molar-refractivity contribution is 5.50. The summed E-state index contributed by atoms with van der Waals surface area (Å²) in [5, 5.41) is 3.41.